The lowest BCUT2D eigenvalue weighted by atomic mass is 9.92. The Morgan fingerprint density at radius 1 is 1.43 bits per heavy atom. The van der Waals surface area contributed by atoms with Crippen LogP contribution < -0.4 is 5.32 Å². The van der Waals surface area contributed by atoms with Gasteiger partial charge in [-0.15, -0.1) is 0 Å². The molecule has 0 aromatic rings. The average Bonchev–Trinajstić information content (AvgIpc) is 2.52. The lowest BCUT2D eigenvalue weighted by molar-refractivity contribution is -0.0224. The van der Waals surface area contributed by atoms with Gasteiger partial charge in [-0.1, -0.05) is 0 Å². The van der Waals surface area contributed by atoms with Crippen molar-refractivity contribution < 1.29 is 5.11 Å². The number of piperidine rings is 1. The molecule has 0 bridgehead atoms. The SMILES string of the molecule is C[C@@H]1CCCN1CC1(O)CCNCC1. The van der Waals surface area contributed by atoms with Gasteiger partial charge in [0, 0.05) is 12.6 Å². The molecule has 2 N–H and O–H groups in total. The van der Waals surface area contributed by atoms with Crippen LogP contribution in [-0.4, -0.2) is 47.8 Å². The third kappa shape index (κ3) is 2.27. The van der Waals surface area contributed by atoms with E-state index in [2.05, 4.69) is 17.1 Å². The molecule has 0 unspecified atom stereocenters. The van der Waals surface area contributed by atoms with Crippen LogP contribution in [0.15, 0.2) is 0 Å². The predicted octanol–water partition coefficient (Wildman–Crippen LogP) is 0.585. The van der Waals surface area contributed by atoms with Crippen molar-refractivity contribution in [1.29, 1.82) is 0 Å². The van der Waals surface area contributed by atoms with Crippen molar-refractivity contribution in [3.63, 3.8) is 0 Å². The van der Waals surface area contributed by atoms with Crippen molar-refractivity contribution in [2.75, 3.05) is 26.2 Å². The molecule has 0 spiro atoms. The fourth-order valence-corrected chi connectivity index (χ4v) is 2.66. The molecule has 14 heavy (non-hydrogen) atoms. The smallest absolute Gasteiger partial charge is 0.0798 e. The first-order valence-corrected chi connectivity index (χ1v) is 5.87. The Balaban J connectivity index is 1.88. The summed E-state index contributed by atoms with van der Waals surface area (Å²) in [5.74, 6) is 0. The molecule has 1 atom stereocenters. The maximum Gasteiger partial charge on any atom is 0.0798 e. The fourth-order valence-electron chi connectivity index (χ4n) is 2.66. The van der Waals surface area contributed by atoms with E-state index in [9.17, 15) is 5.11 Å². The van der Waals surface area contributed by atoms with Gasteiger partial charge in [0.15, 0.2) is 0 Å². The first-order chi connectivity index (χ1) is 6.70. The Bertz CT molecular complexity index is 190. The highest BCUT2D eigenvalue weighted by Gasteiger charge is 2.33. The summed E-state index contributed by atoms with van der Waals surface area (Å²) >= 11 is 0. The topological polar surface area (TPSA) is 35.5 Å². The van der Waals surface area contributed by atoms with E-state index < -0.39 is 5.60 Å². The second-order valence-corrected chi connectivity index (χ2v) is 4.94. The molecule has 0 amide bonds. The Morgan fingerprint density at radius 3 is 2.71 bits per heavy atom. The van der Waals surface area contributed by atoms with Gasteiger partial charge in [0.25, 0.3) is 0 Å². The first-order valence-electron chi connectivity index (χ1n) is 5.87. The number of rotatable bonds is 2. The van der Waals surface area contributed by atoms with Gasteiger partial charge in [0.1, 0.15) is 0 Å². The molecular formula is C11H22N2O. The fraction of sp³-hybridized carbons (Fsp3) is 1.00. The van der Waals surface area contributed by atoms with Gasteiger partial charge in [-0.3, -0.25) is 4.90 Å². The summed E-state index contributed by atoms with van der Waals surface area (Å²) in [6.45, 7) is 6.28. The van der Waals surface area contributed by atoms with Gasteiger partial charge in [-0.25, -0.2) is 0 Å². The van der Waals surface area contributed by atoms with Gasteiger partial charge in [0.05, 0.1) is 5.60 Å². The van der Waals surface area contributed by atoms with Crippen molar-refractivity contribution >= 4 is 0 Å². The summed E-state index contributed by atoms with van der Waals surface area (Å²) in [4.78, 5) is 2.45. The van der Waals surface area contributed by atoms with Crippen LogP contribution in [0.2, 0.25) is 0 Å². The third-order valence-corrected chi connectivity index (χ3v) is 3.72. The molecular weight excluding hydrogens is 176 g/mol. The zero-order chi connectivity index (χ0) is 10.0. The van der Waals surface area contributed by atoms with E-state index in [0.29, 0.717) is 6.04 Å². The molecule has 2 fully saturated rings. The number of nitrogens with zero attached hydrogens (tertiary/aromatic N) is 1. The molecule has 0 aromatic heterocycles. The minimum atomic E-state index is -0.413. The summed E-state index contributed by atoms with van der Waals surface area (Å²) in [7, 11) is 0. The number of hydrogen-bond acceptors (Lipinski definition) is 3. The van der Waals surface area contributed by atoms with Crippen molar-refractivity contribution in [2.24, 2.45) is 0 Å². The normalized spacial score (nSPS) is 33.4. The Morgan fingerprint density at radius 2 is 2.14 bits per heavy atom. The van der Waals surface area contributed by atoms with Gasteiger partial charge in [-0.2, -0.15) is 0 Å². The number of hydrogen-bond donors (Lipinski definition) is 2. The molecule has 2 saturated heterocycles. The van der Waals surface area contributed by atoms with Gasteiger partial charge in [0.2, 0.25) is 0 Å². The minimum Gasteiger partial charge on any atom is -0.388 e. The Kier molecular flexibility index (Phi) is 3.10. The van der Waals surface area contributed by atoms with E-state index in [0.717, 1.165) is 32.5 Å². The van der Waals surface area contributed by atoms with E-state index in [-0.39, 0.29) is 0 Å². The van der Waals surface area contributed by atoms with Crippen LogP contribution in [0.1, 0.15) is 32.6 Å². The molecule has 2 aliphatic rings. The number of aliphatic hydroxyl groups is 1. The number of likely N-dealkylation sites (tertiary alicyclic amines) is 1. The van der Waals surface area contributed by atoms with E-state index in [4.69, 9.17) is 0 Å². The van der Waals surface area contributed by atoms with Crippen LogP contribution in [0.3, 0.4) is 0 Å². The van der Waals surface area contributed by atoms with E-state index in [1.807, 2.05) is 0 Å². The van der Waals surface area contributed by atoms with Crippen LogP contribution in [0.25, 0.3) is 0 Å². The van der Waals surface area contributed by atoms with Crippen LogP contribution in [0.5, 0.6) is 0 Å². The van der Waals surface area contributed by atoms with E-state index in [1.54, 1.807) is 0 Å². The highest BCUT2D eigenvalue weighted by molar-refractivity contribution is 4.90. The summed E-state index contributed by atoms with van der Waals surface area (Å²) in [5, 5.41) is 13.7. The van der Waals surface area contributed by atoms with E-state index >= 15 is 0 Å². The van der Waals surface area contributed by atoms with Crippen LogP contribution in [0.4, 0.5) is 0 Å². The monoisotopic (exact) mass is 198 g/mol. The van der Waals surface area contributed by atoms with Crippen molar-refractivity contribution in [3.8, 4) is 0 Å². The molecule has 0 radical (unpaired) electrons. The second kappa shape index (κ2) is 4.17. The summed E-state index contributed by atoms with van der Waals surface area (Å²) in [6, 6.07) is 0.675. The Hall–Kier alpha value is -0.120. The van der Waals surface area contributed by atoms with Gasteiger partial charge >= 0.3 is 0 Å². The van der Waals surface area contributed by atoms with Crippen LogP contribution in [-0.2, 0) is 0 Å². The molecule has 2 rings (SSSR count). The standard InChI is InChI=1S/C11H22N2O/c1-10-3-2-8-13(10)9-11(14)4-6-12-7-5-11/h10,12,14H,2-9H2,1H3/t10-/m1/s1. The van der Waals surface area contributed by atoms with Crippen LogP contribution in [0, 0.1) is 0 Å². The summed E-state index contributed by atoms with van der Waals surface area (Å²) in [5.41, 5.74) is -0.413. The third-order valence-electron chi connectivity index (χ3n) is 3.72. The lowest BCUT2D eigenvalue weighted by Gasteiger charge is -2.37. The largest absolute Gasteiger partial charge is 0.388 e. The second-order valence-electron chi connectivity index (χ2n) is 4.94. The summed E-state index contributed by atoms with van der Waals surface area (Å²) in [6.07, 6.45) is 4.43. The lowest BCUT2D eigenvalue weighted by Crippen LogP contribution is -2.50. The van der Waals surface area contributed by atoms with Crippen LogP contribution >= 0.6 is 0 Å². The molecule has 0 aromatic carbocycles. The zero-order valence-electron chi connectivity index (χ0n) is 9.13. The van der Waals surface area contributed by atoms with Gasteiger partial charge < -0.3 is 10.4 Å². The maximum atomic E-state index is 10.4. The number of nitrogens with one attached hydrogen (secondary N) is 1. The van der Waals surface area contributed by atoms with Crippen molar-refractivity contribution in [2.45, 2.75) is 44.2 Å². The quantitative estimate of drug-likeness (QED) is 0.681. The molecule has 0 aliphatic carbocycles. The highest BCUT2D eigenvalue weighted by Crippen LogP contribution is 2.24. The molecule has 0 saturated carbocycles. The van der Waals surface area contributed by atoms with E-state index in [1.165, 1.54) is 19.4 Å². The zero-order valence-corrected chi connectivity index (χ0v) is 9.13. The average molecular weight is 198 g/mol. The molecule has 2 heterocycles. The van der Waals surface area contributed by atoms with Crippen molar-refractivity contribution in [3.05, 3.63) is 0 Å². The first kappa shape index (κ1) is 10.4. The van der Waals surface area contributed by atoms with Gasteiger partial charge in [-0.05, 0) is 52.2 Å². The number of β-amino-alcohol motifs (C(OH)–C–C–N with tert-alkyl or cyclic N) is 1. The van der Waals surface area contributed by atoms with Crippen molar-refractivity contribution in [1.82, 2.24) is 10.2 Å². The minimum absolute atomic E-state index is 0.413. The maximum absolute atomic E-state index is 10.4. The highest BCUT2D eigenvalue weighted by atomic mass is 16.3. The molecule has 3 heteroatoms. The molecule has 82 valence electrons. The molecule has 2 aliphatic heterocycles. The Labute approximate surface area is 86.5 Å². The predicted molar refractivity (Wildman–Crippen MR) is 57.3 cm³/mol. The summed E-state index contributed by atoms with van der Waals surface area (Å²) < 4.78 is 0. The molecule has 3 nitrogen and oxygen atoms in total.